The van der Waals surface area contributed by atoms with Gasteiger partial charge in [-0.05, 0) is 24.3 Å². The third-order valence-electron chi connectivity index (χ3n) is 5.76. The summed E-state index contributed by atoms with van der Waals surface area (Å²) in [4.78, 5) is 34.5. The number of anilines is 1. The van der Waals surface area contributed by atoms with Crippen molar-refractivity contribution in [1.82, 2.24) is 24.4 Å². The number of piperazine rings is 1. The smallest absolute Gasteiger partial charge is 0.321 e. The molecular formula is C24H23ClN6O3S. The first kappa shape index (κ1) is 23.3. The van der Waals surface area contributed by atoms with E-state index in [4.69, 9.17) is 16.3 Å². The van der Waals surface area contributed by atoms with Crippen LogP contribution in [0.1, 0.15) is 5.69 Å². The molecule has 2 amide bonds. The number of aromatic nitrogens is 3. The molecule has 11 heteroatoms. The van der Waals surface area contributed by atoms with Crippen LogP contribution in [0.5, 0.6) is 5.75 Å². The van der Waals surface area contributed by atoms with Crippen LogP contribution in [-0.2, 0) is 6.54 Å². The third kappa shape index (κ3) is 5.29. The van der Waals surface area contributed by atoms with E-state index in [9.17, 15) is 9.59 Å². The van der Waals surface area contributed by atoms with Gasteiger partial charge >= 0.3 is 6.03 Å². The monoisotopic (exact) mass is 510 g/mol. The highest BCUT2D eigenvalue weighted by Gasteiger charge is 2.22. The van der Waals surface area contributed by atoms with Crippen LogP contribution in [0.2, 0.25) is 5.02 Å². The Balaban J connectivity index is 1.22. The van der Waals surface area contributed by atoms with E-state index >= 15 is 0 Å². The minimum atomic E-state index is -0.210. The molecule has 1 N–H and O–H groups in total. The van der Waals surface area contributed by atoms with E-state index in [2.05, 4.69) is 20.3 Å². The van der Waals surface area contributed by atoms with Gasteiger partial charge in [0.2, 0.25) is 4.96 Å². The number of halogens is 1. The average Bonchev–Trinajstić information content (AvgIpc) is 3.30. The highest BCUT2D eigenvalue weighted by atomic mass is 35.5. The number of nitrogens with one attached hydrogen (secondary N) is 1. The molecule has 3 heterocycles. The van der Waals surface area contributed by atoms with Crippen molar-refractivity contribution in [3.05, 3.63) is 75.7 Å². The molecule has 1 aliphatic heterocycles. The van der Waals surface area contributed by atoms with Gasteiger partial charge in [-0.15, -0.1) is 0 Å². The van der Waals surface area contributed by atoms with Gasteiger partial charge < -0.3 is 15.0 Å². The van der Waals surface area contributed by atoms with Crippen LogP contribution in [0.25, 0.3) is 15.5 Å². The summed E-state index contributed by atoms with van der Waals surface area (Å²) in [7, 11) is 1.59. The van der Waals surface area contributed by atoms with Crippen LogP contribution in [0.4, 0.5) is 10.5 Å². The summed E-state index contributed by atoms with van der Waals surface area (Å²) in [5, 5.41) is 8.69. The van der Waals surface area contributed by atoms with Crippen molar-refractivity contribution in [2.75, 3.05) is 38.6 Å². The first-order chi connectivity index (χ1) is 17.0. The molecule has 35 heavy (non-hydrogen) atoms. The van der Waals surface area contributed by atoms with Crippen molar-refractivity contribution >= 4 is 39.6 Å². The summed E-state index contributed by atoms with van der Waals surface area (Å²) in [6.45, 7) is 3.07. The Hall–Kier alpha value is -3.47. The Labute approximate surface area is 210 Å². The van der Waals surface area contributed by atoms with E-state index in [1.807, 2.05) is 30.3 Å². The summed E-state index contributed by atoms with van der Waals surface area (Å²) in [5.41, 5.74) is 2.06. The highest BCUT2D eigenvalue weighted by Crippen LogP contribution is 2.25. The zero-order chi connectivity index (χ0) is 24.4. The highest BCUT2D eigenvalue weighted by molar-refractivity contribution is 7.19. The fraction of sp³-hybridized carbons (Fsp3) is 0.250. The number of methoxy groups -OCH3 is 1. The second-order valence-electron chi connectivity index (χ2n) is 8.12. The van der Waals surface area contributed by atoms with Gasteiger partial charge in [-0.1, -0.05) is 41.1 Å². The van der Waals surface area contributed by atoms with Gasteiger partial charge in [-0.2, -0.15) is 9.61 Å². The summed E-state index contributed by atoms with van der Waals surface area (Å²) >= 11 is 7.33. The number of carbonyl (C=O) groups is 1. The maximum atomic E-state index is 12.7. The van der Waals surface area contributed by atoms with Gasteiger partial charge in [0, 0.05) is 61.1 Å². The van der Waals surface area contributed by atoms with Gasteiger partial charge in [-0.3, -0.25) is 9.69 Å². The number of ether oxygens (including phenoxy) is 1. The van der Waals surface area contributed by atoms with Crippen molar-refractivity contribution in [3.8, 4) is 16.3 Å². The van der Waals surface area contributed by atoms with E-state index < -0.39 is 0 Å². The fourth-order valence-corrected chi connectivity index (χ4v) is 4.94. The number of fused-ring (bicyclic) bond motifs is 1. The van der Waals surface area contributed by atoms with Crippen LogP contribution < -0.4 is 15.6 Å². The molecule has 9 nitrogen and oxygen atoms in total. The predicted molar refractivity (Wildman–Crippen MR) is 136 cm³/mol. The lowest BCUT2D eigenvalue weighted by Gasteiger charge is -2.34. The molecule has 1 saturated heterocycles. The number of carbonyl (C=O) groups excluding carboxylic acids is 1. The second-order valence-corrected chi connectivity index (χ2v) is 9.51. The van der Waals surface area contributed by atoms with Crippen LogP contribution >= 0.6 is 22.9 Å². The van der Waals surface area contributed by atoms with E-state index in [1.165, 1.54) is 21.9 Å². The fourth-order valence-electron chi connectivity index (χ4n) is 3.89. The molecule has 1 fully saturated rings. The lowest BCUT2D eigenvalue weighted by Crippen LogP contribution is -2.49. The minimum Gasteiger partial charge on any atom is -0.497 e. The molecule has 0 aliphatic carbocycles. The lowest BCUT2D eigenvalue weighted by atomic mass is 10.2. The summed E-state index contributed by atoms with van der Waals surface area (Å²) in [6.07, 6.45) is 0. The Morgan fingerprint density at radius 2 is 1.89 bits per heavy atom. The van der Waals surface area contributed by atoms with Crippen molar-refractivity contribution in [2.24, 2.45) is 0 Å². The largest absolute Gasteiger partial charge is 0.497 e. The molecule has 5 rings (SSSR count). The maximum absolute atomic E-state index is 12.7. The zero-order valence-corrected chi connectivity index (χ0v) is 20.6. The molecule has 0 atom stereocenters. The molecule has 0 saturated carbocycles. The molecule has 4 aromatic rings. The standard InChI is InChI=1S/C24H23ClN6O3S/c1-34-20-4-2-3-18(13-20)26-23(33)30-11-9-29(10-12-30)15-19-14-21(32)31-24(27-19)35-22(28-31)16-5-7-17(25)8-6-16/h2-8,13-14H,9-12,15H2,1H3,(H,26,33). The molecule has 0 bridgehead atoms. The topological polar surface area (TPSA) is 92.1 Å². The Morgan fingerprint density at radius 1 is 1.11 bits per heavy atom. The van der Waals surface area contributed by atoms with Gasteiger partial charge in [-0.25, -0.2) is 9.78 Å². The first-order valence-corrected chi connectivity index (χ1v) is 12.3. The normalized spacial score (nSPS) is 14.3. The molecule has 2 aromatic heterocycles. The summed E-state index contributed by atoms with van der Waals surface area (Å²) < 4.78 is 6.54. The zero-order valence-electron chi connectivity index (χ0n) is 19.0. The summed E-state index contributed by atoms with van der Waals surface area (Å²) in [5.74, 6) is 0.689. The number of benzene rings is 2. The maximum Gasteiger partial charge on any atom is 0.321 e. The predicted octanol–water partition coefficient (Wildman–Crippen LogP) is 3.83. The molecule has 180 valence electrons. The van der Waals surface area contributed by atoms with E-state index in [0.29, 0.717) is 64.8 Å². The molecule has 2 aromatic carbocycles. The number of amides is 2. The SMILES string of the molecule is COc1cccc(NC(=O)N2CCN(Cc3cc(=O)n4nc(-c5ccc(Cl)cc5)sc4n3)CC2)c1. The Bertz CT molecular complexity index is 1410. The molecule has 0 unspecified atom stereocenters. The van der Waals surface area contributed by atoms with E-state index in [-0.39, 0.29) is 11.6 Å². The molecule has 1 aliphatic rings. The van der Waals surface area contributed by atoms with Crippen LogP contribution in [-0.4, -0.2) is 63.7 Å². The third-order valence-corrected chi connectivity index (χ3v) is 6.96. The summed E-state index contributed by atoms with van der Waals surface area (Å²) in [6, 6.07) is 16.0. The van der Waals surface area contributed by atoms with Gasteiger partial charge in [0.05, 0.1) is 12.8 Å². The van der Waals surface area contributed by atoms with Crippen molar-refractivity contribution in [2.45, 2.75) is 6.54 Å². The van der Waals surface area contributed by atoms with Crippen LogP contribution in [0.3, 0.4) is 0 Å². The van der Waals surface area contributed by atoms with Gasteiger partial charge in [0.1, 0.15) is 10.8 Å². The molecule has 0 radical (unpaired) electrons. The number of hydrogen-bond acceptors (Lipinski definition) is 7. The van der Waals surface area contributed by atoms with Gasteiger partial charge in [0.25, 0.3) is 5.56 Å². The number of nitrogens with zero attached hydrogens (tertiary/aromatic N) is 5. The van der Waals surface area contributed by atoms with Crippen LogP contribution in [0, 0.1) is 0 Å². The van der Waals surface area contributed by atoms with E-state index in [0.717, 1.165) is 5.56 Å². The number of urea groups is 1. The Kier molecular flexibility index (Phi) is 6.67. The van der Waals surface area contributed by atoms with Crippen molar-refractivity contribution in [1.29, 1.82) is 0 Å². The second kappa shape index (κ2) is 10.0. The van der Waals surface area contributed by atoms with Crippen LogP contribution in [0.15, 0.2) is 59.4 Å². The van der Waals surface area contributed by atoms with Gasteiger partial charge in [0.15, 0.2) is 0 Å². The lowest BCUT2D eigenvalue weighted by molar-refractivity contribution is 0.142. The number of rotatable bonds is 5. The first-order valence-electron chi connectivity index (χ1n) is 11.1. The average molecular weight is 511 g/mol. The molecular weight excluding hydrogens is 488 g/mol. The minimum absolute atomic E-state index is 0.143. The van der Waals surface area contributed by atoms with Crippen molar-refractivity contribution in [3.63, 3.8) is 0 Å². The quantitative estimate of drug-likeness (QED) is 0.438. The Morgan fingerprint density at radius 3 is 2.63 bits per heavy atom. The van der Waals surface area contributed by atoms with E-state index in [1.54, 1.807) is 30.2 Å². The van der Waals surface area contributed by atoms with Crippen molar-refractivity contribution < 1.29 is 9.53 Å². The molecule has 0 spiro atoms. The number of hydrogen-bond donors (Lipinski definition) is 1.